The van der Waals surface area contributed by atoms with Crippen LogP contribution >= 0.6 is 0 Å². The number of sulfone groups is 1. The van der Waals surface area contributed by atoms with E-state index in [-0.39, 0.29) is 17.3 Å². The van der Waals surface area contributed by atoms with Gasteiger partial charge in [0.1, 0.15) is 11.5 Å². The number of nitrogens with zero attached hydrogens (tertiary/aromatic N) is 2. The Hall–Kier alpha value is -1.37. The van der Waals surface area contributed by atoms with Crippen molar-refractivity contribution in [2.45, 2.75) is 6.92 Å². The molecule has 0 radical (unpaired) electrons. The Morgan fingerprint density at radius 2 is 2.21 bits per heavy atom. The first-order valence-corrected chi connectivity index (χ1v) is 5.60. The Morgan fingerprint density at radius 1 is 1.64 bits per heavy atom. The minimum absolute atomic E-state index is 0.00986. The first kappa shape index (κ1) is 10.7. The van der Waals surface area contributed by atoms with Gasteiger partial charge in [-0.25, -0.2) is 8.42 Å². The first-order chi connectivity index (χ1) is 6.38. The van der Waals surface area contributed by atoms with Gasteiger partial charge in [0.2, 0.25) is 9.84 Å². The maximum Gasteiger partial charge on any atom is 0.294 e. The van der Waals surface area contributed by atoms with Gasteiger partial charge in [0.25, 0.3) is 5.12 Å². The molecule has 0 aliphatic heterocycles. The van der Waals surface area contributed by atoms with Crippen LogP contribution in [0.5, 0.6) is 0 Å². The molecule has 0 aromatic carbocycles. The number of nitrogens with two attached hydrogens (primary N) is 1. The number of carbonyl (C=O) groups excluding carboxylic acids is 1. The third-order valence-electron chi connectivity index (χ3n) is 1.77. The smallest absolute Gasteiger partial charge is 0.294 e. The van der Waals surface area contributed by atoms with Crippen LogP contribution in [0.15, 0.2) is 6.07 Å². The van der Waals surface area contributed by atoms with Gasteiger partial charge in [0.15, 0.2) is 0 Å². The van der Waals surface area contributed by atoms with Crippen molar-refractivity contribution in [1.29, 1.82) is 0 Å². The summed E-state index contributed by atoms with van der Waals surface area (Å²) in [6, 6.07) is 1.25. The van der Waals surface area contributed by atoms with Crippen LogP contribution in [0.25, 0.3) is 0 Å². The van der Waals surface area contributed by atoms with Gasteiger partial charge in [-0.05, 0) is 0 Å². The maximum absolute atomic E-state index is 11.4. The standard InChI is InChI=1S/C7H11N3O3S/c1-3-14(12,13)7(11)5-4-6(8)9-10(5)2/h4H,3H2,1-2H3,(H2,8,9). The van der Waals surface area contributed by atoms with Crippen LogP contribution < -0.4 is 5.73 Å². The highest BCUT2D eigenvalue weighted by molar-refractivity contribution is 8.06. The summed E-state index contributed by atoms with van der Waals surface area (Å²) in [6.07, 6.45) is 0. The molecular formula is C7H11N3O3S. The van der Waals surface area contributed by atoms with Gasteiger partial charge in [-0.1, -0.05) is 6.92 Å². The average molecular weight is 217 g/mol. The summed E-state index contributed by atoms with van der Waals surface area (Å²) in [4.78, 5) is 11.4. The second kappa shape index (κ2) is 3.41. The molecule has 0 bridgehead atoms. The van der Waals surface area contributed by atoms with E-state index in [4.69, 9.17) is 5.73 Å². The zero-order valence-electron chi connectivity index (χ0n) is 7.89. The van der Waals surface area contributed by atoms with Crippen LogP contribution in [0, 0.1) is 0 Å². The second-order valence-corrected chi connectivity index (χ2v) is 4.95. The number of aromatic nitrogens is 2. The third kappa shape index (κ3) is 1.77. The summed E-state index contributed by atoms with van der Waals surface area (Å²) in [5.41, 5.74) is 5.31. The molecule has 1 aromatic rings. The van der Waals surface area contributed by atoms with Gasteiger partial charge in [-0.3, -0.25) is 9.48 Å². The minimum Gasteiger partial charge on any atom is -0.382 e. The van der Waals surface area contributed by atoms with E-state index in [0.29, 0.717) is 0 Å². The quantitative estimate of drug-likeness (QED) is 0.725. The lowest BCUT2D eigenvalue weighted by Crippen LogP contribution is -2.19. The van der Waals surface area contributed by atoms with Crippen molar-refractivity contribution in [3.8, 4) is 0 Å². The average Bonchev–Trinajstić information content (AvgIpc) is 2.44. The largest absolute Gasteiger partial charge is 0.382 e. The number of anilines is 1. The Kier molecular flexibility index (Phi) is 2.61. The number of rotatable bonds is 2. The third-order valence-corrected chi connectivity index (χ3v) is 3.30. The van der Waals surface area contributed by atoms with E-state index < -0.39 is 15.0 Å². The number of hydrogen-bond acceptors (Lipinski definition) is 5. The van der Waals surface area contributed by atoms with Crippen molar-refractivity contribution in [1.82, 2.24) is 9.78 Å². The van der Waals surface area contributed by atoms with E-state index in [9.17, 15) is 13.2 Å². The van der Waals surface area contributed by atoms with Crippen molar-refractivity contribution in [3.63, 3.8) is 0 Å². The fourth-order valence-corrected chi connectivity index (χ4v) is 1.74. The monoisotopic (exact) mass is 217 g/mol. The molecule has 1 rings (SSSR count). The van der Waals surface area contributed by atoms with Gasteiger partial charge in [-0.15, -0.1) is 0 Å². The molecular weight excluding hydrogens is 206 g/mol. The molecule has 0 aliphatic rings. The molecule has 2 N–H and O–H groups in total. The van der Waals surface area contributed by atoms with E-state index in [1.54, 1.807) is 0 Å². The van der Waals surface area contributed by atoms with Crippen LogP contribution in [0.3, 0.4) is 0 Å². The Morgan fingerprint density at radius 3 is 2.57 bits per heavy atom. The van der Waals surface area contributed by atoms with Crippen molar-refractivity contribution >= 4 is 20.8 Å². The summed E-state index contributed by atoms with van der Waals surface area (Å²) < 4.78 is 23.6. The minimum atomic E-state index is -3.72. The molecule has 0 fully saturated rings. The molecule has 0 saturated carbocycles. The normalized spacial score (nSPS) is 11.6. The molecule has 0 spiro atoms. The highest BCUT2D eigenvalue weighted by atomic mass is 32.2. The molecule has 7 heteroatoms. The fraction of sp³-hybridized carbons (Fsp3) is 0.429. The Bertz CT molecular complexity index is 461. The molecule has 0 saturated heterocycles. The van der Waals surface area contributed by atoms with Gasteiger partial charge in [0.05, 0.1) is 5.75 Å². The molecule has 0 aliphatic carbocycles. The summed E-state index contributed by atoms with van der Waals surface area (Å²) >= 11 is 0. The van der Waals surface area contributed by atoms with Crippen molar-refractivity contribution < 1.29 is 13.2 Å². The molecule has 1 aromatic heterocycles. The summed E-state index contributed by atoms with van der Waals surface area (Å²) in [6.45, 7) is 1.41. The second-order valence-electron chi connectivity index (χ2n) is 2.77. The van der Waals surface area contributed by atoms with Crippen molar-refractivity contribution in [3.05, 3.63) is 11.8 Å². The molecule has 0 atom stereocenters. The molecule has 0 unspecified atom stereocenters. The lowest BCUT2D eigenvalue weighted by atomic mass is 10.4. The van der Waals surface area contributed by atoms with E-state index in [0.717, 1.165) is 4.68 Å². The highest BCUT2D eigenvalue weighted by Crippen LogP contribution is 2.09. The summed E-state index contributed by atoms with van der Waals surface area (Å²) in [5.74, 6) is -0.0983. The van der Waals surface area contributed by atoms with Crippen LogP contribution in [0.1, 0.15) is 17.4 Å². The predicted octanol–water partition coefficient (Wildman–Crippen LogP) is -0.423. The van der Waals surface area contributed by atoms with Gasteiger partial charge in [0, 0.05) is 13.1 Å². The fourth-order valence-electron chi connectivity index (χ4n) is 0.971. The zero-order chi connectivity index (χ0) is 10.9. The van der Waals surface area contributed by atoms with Gasteiger partial charge >= 0.3 is 0 Å². The van der Waals surface area contributed by atoms with E-state index >= 15 is 0 Å². The highest BCUT2D eigenvalue weighted by Gasteiger charge is 2.25. The summed E-state index contributed by atoms with van der Waals surface area (Å²) in [7, 11) is -2.25. The Balaban J connectivity index is 3.20. The SMILES string of the molecule is CCS(=O)(=O)C(=O)c1cc(N)nn1C. The summed E-state index contributed by atoms with van der Waals surface area (Å²) in [5, 5.41) is 2.75. The van der Waals surface area contributed by atoms with Gasteiger partial charge in [-0.2, -0.15) is 5.10 Å². The maximum atomic E-state index is 11.4. The zero-order valence-corrected chi connectivity index (χ0v) is 8.71. The lowest BCUT2D eigenvalue weighted by Gasteiger charge is -1.99. The number of aryl methyl sites for hydroxylation is 1. The van der Waals surface area contributed by atoms with Crippen LogP contribution in [-0.2, 0) is 16.9 Å². The molecule has 14 heavy (non-hydrogen) atoms. The van der Waals surface area contributed by atoms with E-state index in [1.165, 1.54) is 20.0 Å². The van der Waals surface area contributed by atoms with E-state index in [1.807, 2.05) is 0 Å². The number of hydrogen-bond donors (Lipinski definition) is 1. The van der Waals surface area contributed by atoms with Crippen LogP contribution in [-0.4, -0.2) is 29.1 Å². The number of nitrogen functional groups attached to an aromatic ring is 1. The number of carbonyl (C=O) groups is 1. The molecule has 78 valence electrons. The first-order valence-electron chi connectivity index (χ1n) is 3.95. The topological polar surface area (TPSA) is 95.1 Å². The van der Waals surface area contributed by atoms with Crippen LogP contribution in [0.4, 0.5) is 5.82 Å². The predicted molar refractivity (Wildman–Crippen MR) is 51.4 cm³/mol. The molecule has 1 heterocycles. The lowest BCUT2D eigenvalue weighted by molar-refractivity contribution is 0.106. The Labute approximate surface area is 81.6 Å². The van der Waals surface area contributed by atoms with Gasteiger partial charge < -0.3 is 5.73 Å². The molecule has 6 nitrogen and oxygen atoms in total. The van der Waals surface area contributed by atoms with E-state index in [2.05, 4.69) is 5.10 Å². The van der Waals surface area contributed by atoms with Crippen molar-refractivity contribution in [2.24, 2.45) is 7.05 Å². The molecule has 0 amide bonds. The van der Waals surface area contributed by atoms with Crippen molar-refractivity contribution in [2.75, 3.05) is 11.5 Å². The van der Waals surface area contributed by atoms with Crippen LogP contribution in [0.2, 0.25) is 0 Å².